The first-order valence-corrected chi connectivity index (χ1v) is 9.67. The van der Waals surface area contributed by atoms with Crippen LogP contribution in [0.5, 0.6) is 5.75 Å². The van der Waals surface area contributed by atoms with Crippen LogP contribution in [0.4, 0.5) is 5.69 Å². The zero-order valence-electron chi connectivity index (χ0n) is 16.2. The van der Waals surface area contributed by atoms with Crippen LogP contribution in [0.15, 0.2) is 72.8 Å². The molecule has 28 heavy (non-hydrogen) atoms. The molecule has 2 aliphatic heterocycles. The van der Waals surface area contributed by atoms with Gasteiger partial charge in [0.25, 0.3) is 0 Å². The zero-order valence-corrected chi connectivity index (χ0v) is 16.2. The number of para-hydroxylation sites is 1. The number of nitrogens with one attached hydrogen (secondary N) is 1. The van der Waals surface area contributed by atoms with Gasteiger partial charge in [0.1, 0.15) is 24.7 Å². The quantitative estimate of drug-likeness (QED) is 0.611. The van der Waals surface area contributed by atoms with Crippen molar-refractivity contribution < 1.29 is 9.47 Å². The lowest BCUT2D eigenvalue weighted by molar-refractivity contribution is 0.283. The van der Waals surface area contributed by atoms with Gasteiger partial charge in [0.2, 0.25) is 0 Å². The molecule has 0 aliphatic carbocycles. The fraction of sp³-hybridized carbons (Fsp3) is 0.200. The molecule has 3 nitrogen and oxygen atoms in total. The average Bonchev–Trinajstić information content (AvgIpc) is 3.11. The molecule has 0 spiro atoms. The number of anilines is 1. The molecule has 0 aromatic heterocycles. The zero-order chi connectivity index (χ0) is 19.1. The van der Waals surface area contributed by atoms with Crippen LogP contribution in [-0.2, 0) is 18.0 Å². The lowest BCUT2D eigenvalue weighted by Gasteiger charge is -2.30. The molecule has 0 amide bonds. The van der Waals surface area contributed by atoms with Crippen molar-refractivity contribution in [3.63, 3.8) is 0 Å². The Balaban J connectivity index is 1.54. The molecule has 0 saturated carbocycles. The van der Waals surface area contributed by atoms with E-state index in [0.717, 1.165) is 28.3 Å². The van der Waals surface area contributed by atoms with E-state index in [9.17, 15) is 0 Å². The van der Waals surface area contributed by atoms with Crippen molar-refractivity contribution in [3.05, 3.63) is 89.5 Å². The fourth-order valence-corrected chi connectivity index (χ4v) is 4.03. The van der Waals surface area contributed by atoms with Gasteiger partial charge in [-0.1, -0.05) is 54.6 Å². The summed E-state index contributed by atoms with van der Waals surface area (Å²) in [5, 5.41) is 3.60. The van der Waals surface area contributed by atoms with E-state index >= 15 is 0 Å². The molecule has 0 atom stereocenters. The number of benzene rings is 3. The van der Waals surface area contributed by atoms with Crippen LogP contribution in [0.1, 0.15) is 30.5 Å². The van der Waals surface area contributed by atoms with Crippen molar-refractivity contribution in [2.24, 2.45) is 0 Å². The van der Waals surface area contributed by atoms with E-state index < -0.39 is 0 Å². The van der Waals surface area contributed by atoms with Crippen LogP contribution >= 0.6 is 0 Å². The molecule has 3 heteroatoms. The molecule has 0 unspecified atom stereocenters. The Morgan fingerprint density at radius 3 is 2.57 bits per heavy atom. The number of ether oxygens (including phenoxy) is 2. The summed E-state index contributed by atoms with van der Waals surface area (Å²) in [5.41, 5.74) is 6.88. The van der Waals surface area contributed by atoms with Crippen LogP contribution in [0, 0.1) is 0 Å². The van der Waals surface area contributed by atoms with Crippen molar-refractivity contribution in [2.45, 2.75) is 32.6 Å². The maximum atomic E-state index is 6.20. The molecule has 0 radical (unpaired) electrons. The van der Waals surface area contributed by atoms with Gasteiger partial charge in [-0.25, -0.2) is 0 Å². The monoisotopic (exact) mass is 369 g/mol. The first-order valence-electron chi connectivity index (χ1n) is 9.67. The topological polar surface area (TPSA) is 30.5 Å². The second-order valence-electron chi connectivity index (χ2n) is 7.93. The number of rotatable bonds is 4. The predicted octanol–water partition coefficient (Wildman–Crippen LogP) is 6.01. The van der Waals surface area contributed by atoms with Gasteiger partial charge in [-0.3, -0.25) is 0 Å². The summed E-state index contributed by atoms with van der Waals surface area (Å²) < 4.78 is 12.2. The Morgan fingerprint density at radius 1 is 0.929 bits per heavy atom. The minimum absolute atomic E-state index is 0.109. The minimum Gasteiger partial charge on any atom is -0.488 e. The van der Waals surface area contributed by atoms with E-state index in [2.05, 4.69) is 61.6 Å². The predicted molar refractivity (Wildman–Crippen MR) is 113 cm³/mol. The maximum absolute atomic E-state index is 6.20. The van der Waals surface area contributed by atoms with Gasteiger partial charge in [0.05, 0.1) is 5.54 Å². The third-order valence-corrected chi connectivity index (χ3v) is 5.29. The third-order valence-electron chi connectivity index (χ3n) is 5.29. The first-order chi connectivity index (χ1) is 13.6. The van der Waals surface area contributed by atoms with Crippen LogP contribution in [0.2, 0.25) is 0 Å². The molecule has 2 heterocycles. The minimum atomic E-state index is -0.109. The molecule has 0 saturated heterocycles. The summed E-state index contributed by atoms with van der Waals surface area (Å²) in [6.07, 6.45) is 2.17. The van der Waals surface area contributed by atoms with E-state index in [1.165, 1.54) is 16.7 Å². The van der Waals surface area contributed by atoms with Gasteiger partial charge in [-0.2, -0.15) is 0 Å². The Bertz CT molecular complexity index is 1070. The van der Waals surface area contributed by atoms with Crippen molar-refractivity contribution >= 4 is 11.4 Å². The van der Waals surface area contributed by atoms with Gasteiger partial charge in [0.15, 0.2) is 0 Å². The molecule has 1 N–H and O–H groups in total. The molecule has 2 aliphatic rings. The van der Waals surface area contributed by atoms with Crippen LogP contribution < -0.4 is 10.1 Å². The van der Waals surface area contributed by atoms with Gasteiger partial charge in [-0.05, 0) is 43.2 Å². The Morgan fingerprint density at radius 2 is 1.71 bits per heavy atom. The third kappa shape index (κ3) is 2.93. The highest BCUT2D eigenvalue weighted by Crippen LogP contribution is 2.46. The van der Waals surface area contributed by atoms with Crippen molar-refractivity contribution in [3.8, 4) is 16.9 Å². The molecule has 0 fully saturated rings. The highest BCUT2D eigenvalue weighted by atomic mass is 16.5. The van der Waals surface area contributed by atoms with Gasteiger partial charge in [-0.15, -0.1) is 0 Å². The largest absolute Gasteiger partial charge is 0.488 e. The number of hydrogen-bond donors (Lipinski definition) is 1. The van der Waals surface area contributed by atoms with Crippen molar-refractivity contribution in [1.29, 1.82) is 0 Å². The summed E-state index contributed by atoms with van der Waals surface area (Å²) in [6.45, 7) is 5.46. The average molecular weight is 369 g/mol. The normalized spacial score (nSPS) is 15.9. The highest BCUT2D eigenvalue weighted by Gasteiger charge is 2.33. The summed E-state index contributed by atoms with van der Waals surface area (Å²) in [4.78, 5) is 0. The standard InChI is InChI=1S/C25H23NO2/c1-25(2)14-23-24-20(16-28-23)18(12-13-21(24)26-25)19-10-6-7-11-22(19)27-15-17-8-4-3-5-9-17/h3-14,26H,15-16H2,1-2H3. The van der Waals surface area contributed by atoms with Crippen molar-refractivity contribution in [1.82, 2.24) is 0 Å². The SMILES string of the molecule is CC1(C)C=C2OCc3c(-c4ccccc4OCc4ccccc4)ccc(c32)N1. The van der Waals surface area contributed by atoms with E-state index in [-0.39, 0.29) is 5.54 Å². The van der Waals surface area contributed by atoms with E-state index in [4.69, 9.17) is 9.47 Å². The van der Waals surface area contributed by atoms with Crippen LogP contribution in [-0.4, -0.2) is 5.54 Å². The fourth-order valence-electron chi connectivity index (χ4n) is 4.03. The van der Waals surface area contributed by atoms with Gasteiger partial charge < -0.3 is 14.8 Å². The second-order valence-corrected chi connectivity index (χ2v) is 7.93. The lowest BCUT2D eigenvalue weighted by Crippen LogP contribution is -2.31. The summed E-state index contributed by atoms with van der Waals surface area (Å²) in [5.74, 6) is 1.88. The highest BCUT2D eigenvalue weighted by molar-refractivity contribution is 5.88. The molecule has 0 bridgehead atoms. The second kappa shape index (κ2) is 6.45. The summed E-state index contributed by atoms with van der Waals surface area (Å²) in [6, 6.07) is 22.8. The number of hydrogen-bond acceptors (Lipinski definition) is 3. The molecule has 140 valence electrons. The van der Waals surface area contributed by atoms with Gasteiger partial charge in [0, 0.05) is 22.4 Å². The van der Waals surface area contributed by atoms with E-state index in [1.807, 2.05) is 30.3 Å². The summed E-state index contributed by atoms with van der Waals surface area (Å²) in [7, 11) is 0. The Labute approximate surface area is 165 Å². The molecular weight excluding hydrogens is 346 g/mol. The molecule has 3 aromatic rings. The van der Waals surface area contributed by atoms with Crippen LogP contribution in [0.3, 0.4) is 0 Å². The van der Waals surface area contributed by atoms with E-state index in [1.54, 1.807) is 0 Å². The van der Waals surface area contributed by atoms with E-state index in [0.29, 0.717) is 13.2 Å². The Kier molecular flexibility index (Phi) is 3.90. The lowest BCUT2D eigenvalue weighted by atomic mass is 9.89. The molecule has 5 rings (SSSR count). The maximum Gasteiger partial charge on any atom is 0.127 e. The first kappa shape index (κ1) is 16.9. The van der Waals surface area contributed by atoms with Crippen molar-refractivity contribution in [2.75, 3.05) is 5.32 Å². The summed E-state index contributed by atoms with van der Waals surface area (Å²) >= 11 is 0. The van der Waals surface area contributed by atoms with Crippen LogP contribution in [0.25, 0.3) is 16.9 Å². The molecular formula is C25H23NO2. The smallest absolute Gasteiger partial charge is 0.127 e. The molecule has 3 aromatic carbocycles. The Hall–Kier alpha value is -3.20. The van der Waals surface area contributed by atoms with Gasteiger partial charge >= 0.3 is 0 Å².